The van der Waals surface area contributed by atoms with Crippen LogP contribution in [-0.4, -0.2) is 34.9 Å². The summed E-state index contributed by atoms with van der Waals surface area (Å²) >= 11 is 0. The zero-order chi connectivity index (χ0) is 40.0. The van der Waals surface area contributed by atoms with Gasteiger partial charge in [-0.1, -0.05) is 276 Å². The van der Waals surface area contributed by atoms with Gasteiger partial charge >= 0.3 is 0 Å². The van der Waals surface area contributed by atoms with Crippen molar-refractivity contribution in [2.45, 2.75) is 302 Å². The monoisotopic (exact) mass is 776 g/mol. The number of amides is 1. The van der Waals surface area contributed by atoms with Crippen LogP contribution in [0.3, 0.4) is 0 Å². The molecule has 0 saturated heterocycles. The molecule has 0 rings (SSSR count). The molecule has 4 nitrogen and oxygen atoms in total. The summed E-state index contributed by atoms with van der Waals surface area (Å²) in [7, 11) is 0. The molecule has 0 aliphatic heterocycles. The molecule has 0 fully saturated rings. The third-order valence-electron chi connectivity index (χ3n) is 12.0. The lowest BCUT2D eigenvalue weighted by Crippen LogP contribution is -2.45. The Morgan fingerprint density at radius 3 is 0.945 bits per heavy atom. The zero-order valence-corrected chi connectivity index (χ0v) is 37.7. The van der Waals surface area contributed by atoms with Crippen LogP contribution in [0.4, 0.5) is 0 Å². The van der Waals surface area contributed by atoms with Crippen molar-refractivity contribution in [2.75, 3.05) is 6.61 Å². The lowest BCUT2D eigenvalue weighted by Gasteiger charge is -2.20. The first-order valence-electron chi connectivity index (χ1n) is 25.4. The molecule has 4 heteroatoms. The Morgan fingerprint density at radius 2 is 0.673 bits per heavy atom. The first-order valence-corrected chi connectivity index (χ1v) is 25.4. The standard InChI is InChI=1S/C51H101NO3/c1-3-5-7-9-11-13-15-17-19-21-23-24-25-26-27-28-29-31-33-35-37-39-41-43-45-47-51(55)52-49(48-53)50(54)46-44-42-40-38-36-34-32-30-22-20-18-16-14-12-10-8-6-4-2/h44,46,49-50,53-54H,3-43,45,47-48H2,1-2H3,(H,52,55)/b46-44+. The van der Waals surface area contributed by atoms with Crippen LogP contribution >= 0.6 is 0 Å². The highest BCUT2D eigenvalue weighted by Crippen LogP contribution is 2.17. The summed E-state index contributed by atoms with van der Waals surface area (Å²) in [5.41, 5.74) is 0. The second-order valence-electron chi connectivity index (χ2n) is 17.6. The Kier molecular flexibility index (Phi) is 46.8. The van der Waals surface area contributed by atoms with Gasteiger partial charge in [0.15, 0.2) is 0 Å². The Bertz CT molecular complexity index is 754. The van der Waals surface area contributed by atoms with Crippen molar-refractivity contribution in [1.82, 2.24) is 5.32 Å². The molecule has 0 bridgehead atoms. The Labute approximate surface area is 346 Å². The molecule has 0 heterocycles. The van der Waals surface area contributed by atoms with E-state index in [4.69, 9.17) is 0 Å². The van der Waals surface area contributed by atoms with E-state index in [9.17, 15) is 15.0 Å². The van der Waals surface area contributed by atoms with Crippen molar-refractivity contribution in [2.24, 2.45) is 0 Å². The normalized spacial score (nSPS) is 12.9. The number of carbonyl (C=O) groups excluding carboxylic acids is 1. The van der Waals surface area contributed by atoms with E-state index in [-0.39, 0.29) is 12.5 Å². The summed E-state index contributed by atoms with van der Waals surface area (Å²) in [6.45, 7) is 4.34. The van der Waals surface area contributed by atoms with Crippen LogP contribution in [0.5, 0.6) is 0 Å². The smallest absolute Gasteiger partial charge is 0.220 e. The minimum atomic E-state index is -0.834. The maximum absolute atomic E-state index is 12.4. The first-order chi connectivity index (χ1) is 27.2. The number of nitrogens with one attached hydrogen (secondary N) is 1. The second-order valence-corrected chi connectivity index (χ2v) is 17.6. The lowest BCUT2D eigenvalue weighted by atomic mass is 10.0. The van der Waals surface area contributed by atoms with E-state index in [1.54, 1.807) is 6.08 Å². The van der Waals surface area contributed by atoms with E-state index >= 15 is 0 Å². The van der Waals surface area contributed by atoms with Gasteiger partial charge in [-0.3, -0.25) is 4.79 Å². The summed E-state index contributed by atoms with van der Waals surface area (Å²) in [4.78, 5) is 12.4. The summed E-state index contributed by atoms with van der Waals surface area (Å²) < 4.78 is 0. The van der Waals surface area contributed by atoms with Crippen molar-refractivity contribution >= 4 is 5.91 Å². The summed E-state index contributed by atoms with van der Waals surface area (Å²) in [6.07, 6.45) is 60.6. The van der Waals surface area contributed by atoms with Crippen LogP contribution in [0.1, 0.15) is 290 Å². The molecule has 2 unspecified atom stereocenters. The highest BCUT2D eigenvalue weighted by atomic mass is 16.3. The maximum atomic E-state index is 12.4. The maximum Gasteiger partial charge on any atom is 0.220 e. The number of hydrogen-bond donors (Lipinski definition) is 3. The van der Waals surface area contributed by atoms with Crippen molar-refractivity contribution in [3.63, 3.8) is 0 Å². The third-order valence-corrected chi connectivity index (χ3v) is 12.0. The molecule has 1 amide bonds. The minimum Gasteiger partial charge on any atom is -0.394 e. The van der Waals surface area contributed by atoms with E-state index in [2.05, 4.69) is 19.2 Å². The van der Waals surface area contributed by atoms with E-state index in [1.165, 1.54) is 244 Å². The van der Waals surface area contributed by atoms with Crippen molar-refractivity contribution < 1.29 is 15.0 Å². The molecule has 0 aromatic rings. The van der Waals surface area contributed by atoms with Gasteiger partial charge in [-0.2, -0.15) is 0 Å². The molecule has 0 saturated carbocycles. The first kappa shape index (κ1) is 54.1. The summed E-state index contributed by atoms with van der Waals surface area (Å²) in [6, 6.07) is -0.617. The predicted octanol–water partition coefficient (Wildman–Crippen LogP) is 16.2. The molecule has 328 valence electrons. The third kappa shape index (κ3) is 44.1. The number of rotatable bonds is 47. The van der Waals surface area contributed by atoms with Crippen LogP contribution < -0.4 is 5.32 Å². The fourth-order valence-electron chi connectivity index (χ4n) is 8.12. The molecule has 0 aromatic heterocycles. The number of hydrogen-bond acceptors (Lipinski definition) is 3. The van der Waals surface area contributed by atoms with Crippen molar-refractivity contribution in [3.8, 4) is 0 Å². The molecule has 3 N–H and O–H groups in total. The molecule has 0 spiro atoms. The molecular formula is C51H101NO3. The summed E-state index contributed by atoms with van der Waals surface area (Å²) in [5.74, 6) is -0.0570. The van der Waals surface area contributed by atoms with Gasteiger partial charge in [-0.05, 0) is 19.3 Å². The number of unbranched alkanes of at least 4 members (excludes halogenated alkanes) is 40. The Morgan fingerprint density at radius 1 is 0.418 bits per heavy atom. The Hall–Kier alpha value is -0.870. The van der Waals surface area contributed by atoms with Gasteiger partial charge < -0.3 is 15.5 Å². The van der Waals surface area contributed by atoms with E-state index < -0.39 is 12.1 Å². The Balaban J connectivity index is 3.46. The van der Waals surface area contributed by atoms with Gasteiger partial charge in [0.25, 0.3) is 0 Å². The number of aliphatic hydroxyl groups is 2. The second kappa shape index (κ2) is 47.5. The molecule has 0 radical (unpaired) electrons. The van der Waals surface area contributed by atoms with Crippen LogP contribution in [0.2, 0.25) is 0 Å². The van der Waals surface area contributed by atoms with E-state index in [1.807, 2.05) is 6.08 Å². The van der Waals surface area contributed by atoms with Crippen LogP contribution in [-0.2, 0) is 4.79 Å². The van der Waals surface area contributed by atoms with Gasteiger partial charge in [-0.25, -0.2) is 0 Å². The average Bonchev–Trinajstić information content (AvgIpc) is 3.19. The zero-order valence-electron chi connectivity index (χ0n) is 37.7. The van der Waals surface area contributed by atoms with Crippen molar-refractivity contribution in [3.05, 3.63) is 12.2 Å². The topological polar surface area (TPSA) is 69.6 Å². The van der Waals surface area contributed by atoms with E-state index in [0.29, 0.717) is 6.42 Å². The minimum absolute atomic E-state index is 0.0570. The summed E-state index contributed by atoms with van der Waals surface area (Å²) in [5, 5.41) is 23.1. The quantitative estimate of drug-likeness (QED) is 0.0426. The lowest BCUT2D eigenvalue weighted by molar-refractivity contribution is -0.123. The number of aliphatic hydroxyl groups excluding tert-OH is 2. The molecule has 55 heavy (non-hydrogen) atoms. The van der Waals surface area contributed by atoms with Gasteiger partial charge in [0.1, 0.15) is 0 Å². The van der Waals surface area contributed by atoms with Crippen LogP contribution in [0, 0.1) is 0 Å². The molecule has 0 aromatic carbocycles. The molecule has 0 aliphatic rings. The number of carbonyl (C=O) groups is 1. The van der Waals surface area contributed by atoms with Crippen LogP contribution in [0.25, 0.3) is 0 Å². The molecule has 2 atom stereocenters. The fourth-order valence-corrected chi connectivity index (χ4v) is 8.12. The molecule has 0 aliphatic carbocycles. The average molecular weight is 776 g/mol. The molecular weight excluding hydrogens is 675 g/mol. The fraction of sp³-hybridized carbons (Fsp3) is 0.941. The van der Waals surface area contributed by atoms with Gasteiger partial charge in [0.05, 0.1) is 18.8 Å². The largest absolute Gasteiger partial charge is 0.394 e. The van der Waals surface area contributed by atoms with Gasteiger partial charge in [-0.15, -0.1) is 0 Å². The highest BCUT2D eigenvalue weighted by molar-refractivity contribution is 5.76. The SMILES string of the molecule is CCCCCCCCCCCCCCCCCC/C=C/C(O)C(CO)NC(=O)CCCCCCCCCCCCCCCCCCCCCCCCCCC. The van der Waals surface area contributed by atoms with Gasteiger partial charge in [0, 0.05) is 6.42 Å². The van der Waals surface area contributed by atoms with E-state index in [0.717, 1.165) is 25.7 Å². The van der Waals surface area contributed by atoms with Gasteiger partial charge in [0.2, 0.25) is 5.91 Å². The number of allylic oxidation sites excluding steroid dienone is 1. The van der Waals surface area contributed by atoms with Crippen molar-refractivity contribution in [1.29, 1.82) is 0 Å². The highest BCUT2D eigenvalue weighted by Gasteiger charge is 2.18. The predicted molar refractivity (Wildman–Crippen MR) is 244 cm³/mol. The van der Waals surface area contributed by atoms with Crippen LogP contribution in [0.15, 0.2) is 12.2 Å².